The van der Waals surface area contributed by atoms with Crippen molar-refractivity contribution in [1.29, 1.82) is 0 Å². The number of carbonyl (C=O) groups excluding carboxylic acids is 1. The summed E-state index contributed by atoms with van der Waals surface area (Å²) in [5, 5.41) is 11.0. The van der Waals surface area contributed by atoms with E-state index in [4.69, 9.17) is 16.7 Å². The highest BCUT2D eigenvalue weighted by molar-refractivity contribution is 7.16. The molecule has 1 rings (SSSR count). The fourth-order valence-corrected chi connectivity index (χ4v) is 2.14. The molecule has 0 spiro atoms. The third-order valence-corrected chi connectivity index (χ3v) is 2.93. The molecule has 0 aliphatic heterocycles. The van der Waals surface area contributed by atoms with Crippen LogP contribution in [0.15, 0.2) is 12.1 Å². The first kappa shape index (κ1) is 11.0. The largest absolute Gasteiger partial charge is 0.481 e. The topological polar surface area (TPSA) is 66.4 Å². The van der Waals surface area contributed by atoms with Gasteiger partial charge in [-0.15, -0.1) is 11.3 Å². The number of thiophene rings is 1. The van der Waals surface area contributed by atoms with Crippen LogP contribution >= 0.6 is 22.9 Å². The molecule has 4 nitrogen and oxygen atoms in total. The van der Waals surface area contributed by atoms with Gasteiger partial charge in [-0.3, -0.25) is 9.59 Å². The Morgan fingerprint density at radius 3 is 2.86 bits per heavy atom. The summed E-state index contributed by atoms with van der Waals surface area (Å²) in [5.41, 5.74) is 0. The van der Waals surface area contributed by atoms with E-state index in [1.165, 1.54) is 11.3 Å². The van der Waals surface area contributed by atoms with Gasteiger partial charge >= 0.3 is 5.97 Å². The molecule has 0 aliphatic carbocycles. The molecule has 0 saturated heterocycles. The van der Waals surface area contributed by atoms with E-state index in [0.717, 1.165) is 4.88 Å². The third kappa shape index (κ3) is 3.01. The Bertz CT molecular complexity index is 339. The summed E-state index contributed by atoms with van der Waals surface area (Å²) in [5.74, 6) is -0.964. The Morgan fingerprint density at radius 2 is 2.43 bits per heavy atom. The second-order valence-electron chi connectivity index (χ2n) is 2.58. The van der Waals surface area contributed by atoms with Gasteiger partial charge in [0.15, 0.2) is 0 Å². The SMILES string of the molecule is O=CNC(CC(=O)O)c1ccc(Cl)s1. The molecule has 1 aromatic heterocycles. The van der Waals surface area contributed by atoms with Crippen molar-refractivity contribution >= 4 is 35.3 Å². The number of hydrogen-bond acceptors (Lipinski definition) is 3. The van der Waals surface area contributed by atoms with Crippen molar-refractivity contribution < 1.29 is 14.7 Å². The second kappa shape index (κ2) is 4.97. The zero-order valence-corrected chi connectivity index (χ0v) is 8.64. The second-order valence-corrected chi connectivity index (χ2v) is 4.32. The van der Waals surface area contributed by atoms with Gasteiger partial charge in [-0.2, -0.15) is 0 Å². The molecule has 0 aromatic carbocycles. The number of halogens is 1. The smallest absolute Gasteiger partial charge is 0.305 e. The average Bonchev–Trinajstić information content (AvgIpc) is 2.50. The zero-order valence-electron chi connectivity index (χ0n) is 7.07. The van der Waals surface area contributed by atoms with E-state index in [0.29, 0.717) is 10.7 Å². The van der Waals surface area contributed by atoms with E-state index in [2.05, 4.69) is 5.32 Å². The first-order valence-electron chi connectivity index (χ1n) is 3.80. The van der Waals surface area contributed by atoms with Crippen molar-refractivity contribution in [2.45, 2.75) is 12.5 Å². The lowest BCUT2D eigenvalue weighted by molar-refractivity contribution is -0.137. The van der Waals surface area contributed by atoms with Crippen LogP contribution in [0.2, 0.25) is 4.34 Å². The highest BCUT2D eigenvalue weighted by Crippen LogP contribution is 2.28. The molecule has 1 aromatic rings. The van der Waals surface area contributed by atoms with E-state index in [1.807, 2.05) is 0 Å². The van der Waals surface area contributed by atoms with E-state index in [1.54, 1.807) is 12.1 Å². The lowest BCUT2D eigenvalue weighted by atomic mass is 10.2. The maximum Gasteiger partial charge on any atom is 0.305 e. The van der Waals surface area contributed by atoms with Gasteiger partial charge in [0, 0.05) is 4.88 Å². The number of rotatable bonds is 5. The fourth-order valence-electron chi connectivity index (χ4n) is 1.01. The molecule has 1 unspecified atom stereocenters. The van der Waals surface area contributed by atoms with Crippen LogP contribution in [0.3, 0.4) is 0 Å². The molecule has 1 amide bonds. The first-order valence-corrected chi connectivity index (χ1v) is 4.99. The first-order chi connectivity index (χ1) is 6.63. The summed E-state index contributed by atoms with van der Waals surface area (Å²) in [6.45, 7) is 0. The number of carboxylic acid groups (broad SMARTS) is 1. The number of amides is 1. The molecule has 76 valence electrons. The highest BCUT2D eigenvalue weighted by atomic mass is 35.5. The Hall–Kier alpha value is -1.07. The van der Waals surface area contributed by atoms with Crippen LogP contribution in [-0.4, -0.2) is 17.5 Å². The number of hydrogen-bond donors (Lipinski definition) is 2. The van der Waals surface area contributed by atoms with Gasteiger partial charge in [0.05, 0.1) is 16.8 Å². The Balaban J connectivity index is 2.76. The van der Waals surface area contributed by atoms with Gasteiger partial charge in [0.25, 0.3) is 0 Å². The molecule has 0 radical (unpaired) electrons. The predicted molar refractivity (Wildman–Crippen MR) is 53.5 cm³/mol. The van der Waals surface area contributed by atoms with Crippen molar-refractivity contribution in [3.63, 3.8) is 0 Å². The van der Waals surface area contributed by atoms with E-state index < -0.39 is 12.0 Å². The molecule has 1 atom stereocenters. The minimum atomic E-state index is -0.964. The molecular formula is C8H8ClNO3S. The van der Waals surface area contributed by atoms with Crippen molar-refractivity contribution in [3.8, 4) is 0 Å². The van der Waals surface area contributed by atoms with Crippen molar-refractivity contribution in [2.24, 2.45) is 0 Å². The summed E-state index contributed by atoms with van der Waals surface area (Å²) in [6.07, 6.45) is 0.344. The van der Waals surface area contributed by atoms with Crippen molar-refractivity contribution in [1.82, 2.24) is 5.32 Å². The predicted octanol–water partition coefficient (Wildman–Crippen LogP) is 1.66. The Labute approximate surface area is 89.5 Å². The van der Waals surface area contributed by atoms with Crippen LogP contribution in [0.5, 0.6) is 0 Å². The summed E-state index contributed by atoms with van der Waals surface area (Å²) in [7, 11) is 0. The molecule has 6 heteroatoms. The van der Waals surface area contributed by atoms with Crippen LogP contribution in [0, 0.1) is 0 Å². The van der Waals surface area contributed by atoms with Crippen LogP contribution in [0.4, 0.5) is 0 Å². The highest BCUT2D eigenvalue weighted by Gasteiger charge is 2.16. The monoisotopic (exact) mass is 233 g/mol. The number of carboxylic acids is 1. The van der Waals surface area contributed by atoms with Gasteiger partial charge in [-0.1, -0.05) is 11.6 Å². The summed E-state index contributed by atoms with van der Waals surface area (Å²) in [4.78, 5) is 21.5. The summed E-state index contributed by atoms with van der Waals surface area (Å²) < 4.78 is 0.572. The number of nitrogens with one attached hydrogen (secondary N) is 1. The molecule has 0 fully saturated rings. The minimum absolute atomic E-state index is 0.143. The average molecular weight is 234 g/mol. The van der Waals surface area contributed by atoms with Crippen LogP contribution in [0.1, 0.15) is 17.3 Å². The van der Waals surface area contributed by atoms with E-state index in [9.17, 15) is 9.59 Å². The van der Waals surface area contributed by atoms with Gasteiger partial charge in [0.1, 0.15) is 0 Å². The number of aliphatic carboxylic acids is 1. The quantitative estimate of drug-likeness (QED) is 0.761. The fraction of sp³-hybridized carbons (Fsp3) is 0.250. The molecule has 1 heterocycles. The third-order valence-electron chi connectivity index (χ3n) is 1.59. The van der Waals surface area contributed by atoms with Gasteiger partial charge < -0.3 is 10.4 Å². The van der Waals surface area contributed by atoms with E-state index >= 15 is 0 Å². The van der Waals surface area contributed by atoms with E-state index in [-0.39, 0.29) is 6.42 Å². The molecular weight excluding hydrogens is 226 g/mol. The Morgan fingerprint density at radius 1 is 1.71 bits per heavy atom. The van der Waals surface area contributed by atoms with Gasteiger partial charge in [-0.25, -0.2) is 0 Å². The van der Waals surface area contributed by atoms with Crippen molar-refractivity contribution in [2.75, 3.05) is 0 Å². The van der Waals surface area contributed by atoms with Gasteiger partial charge in [0.2, 0.25) is 6.41 Å². The summed E-state index contributed by atoms with van der Waals surface area (Å²) in [6, 6.07) is 2.88. The normalized spacial score (nSPS) is 12.1. The summed E-state index contributed by atoms with van der Waals surface area (Å²) >= 11 is 6.95. The maximum absolute atomic E-state index is 10.5. The van der Waals surface area contributed by atoms with Gasteiger partial charge in [-0.05, 0) is 12.1 Å². The van der Waals surface area contributed by atoms with Crippen LogP contribution in [-0.2, 0) is 9.59 Å². The lowest BCUT2D eigenvalue weighted by Gasteiger charge is -2.10. The molecule has 0 saturated carbocycles. The Kier molecular flexibility index (Phi) is 3.91. The lowest BCUT2D eigenvalue weighted by Crippen LogP contribution is -2.21. The molecule has 14 heavy (non-hydrogen) atoms. The van der Waals surface area contributed by atoms with Crippen molar-refractivity contribution in [3.05, 3.63) is 21.3 Å². The van der Waals surface area contributed by atoms with Crippen LogP contribution < -0.4 is 5.32 Å². The molecule has 0 aliphatic rings. The molecule has 0 bridgehead atoms. The maximum atomic E-state index is 10.5. The van der Waals surface area contributed by atoms with Crippen LogP contribution in [0.25, 0.3) is 0 Å². The minimum Gasteiger partial charge on any atom is -0.481 e. The molecule has 2 N–H and O–H groups in total. The number of carbonyl (C=O) groups is 2. The zero-order chi connectivity index (χ0) is 10.6. The standard InChI is InChI=1S/C8H8ClNO3S/c9-7-2-1-6(14-7)5(10-4-11)3-8(12)13/h1-2,4-5H,3H2,(H,10,11)(H,12,13).